The molecule has 3 aliphatic rings. The number of nitrogens with two attached hydrogens (primary N) is 1. The SMILES string of the molecule is C[C@H]1C[C@H](NC(=O)C(F)(F)F)C[C@@H]1CO.Cc1ccnc(C)c1C(=O)c1cn(C(C)(C)C)c(C)c1C.Cc1nccc(N[C@@H]2C[C@H](CO)[C@@H](C)C2)c1C(=O)c1cn(C(C)(C)C)c(C)c1C.Cc1nccc(N[C@@H]2C[C@H](COS(N)(=O)=O)[C@@H](O)C2)c1C(=O)c1cn(C(C)(C)C)c(C)c1C. The molecule has 98 heavy (non-hydrogen) atoms. The number of pyridine rings is 3. The number of carbonyl (C=O) groups excluding carboxylic acids is 4. The number of nitrogens with one attached hydrogen (secondary N) is 3. The van der Waals surface area contributed by atoms with Crippen LogP contribution in [0, 0.1) is 98.8 Å². The van der Waals surface area contributed by atoms with Crippen LogP contribution in [0.5, 0.6) is 0 Å². The number of amides is 1. The molecule has 6 heterocycles. The normalized spacial score (nSPS) is 21.1. The molecule has 9 atom stereocenters. The van der Waals surface area contributed by atoms with Crippen LogP contribution in [0.1, 0.15) is 219 Å². The van der Waals surface area contributed by atoms with Gasteiger partial charge in [-0.2, -0.15) is 21.6 Å². The van der Waals surface area contributed by atoms with Crippen LogP contribution in [-0.4, -0.2) is 126 Å². The molecule has 6 aromatic rings. The predicted molar refractivity (Wildman–Crippen MR) is 377 cm³/mol. The summed E-state index contributed by atoms with van der Waals surface area (Å²) in [6.07, 6.45) is 9.17. The molecule has 0 aromatic carbocycles. The zero-order valence-corrected chi connectivity index (χ0v) is 62.1. The summed E-state index contributed by atoms with van der Waals surface area (Å²) in [6, 6.07) is 5.18. The minimum Gasteiger partial charge on any atom is -0.396 e. The van der Waals surface area contributed by atoms with E-state index in [1.807, 2.05) is 91.4 Å². The number of aliphatic hydroxyl groups is 3. The van der Waals surface area contributed by atoms with E-state index in [2.05, 4.69) is 127 Å². The van der Waals surface area contributed by atoms with Gasteiger partial charge in [-0.25, -0.2) is 5.14 Å². The third kappa shape index (κ3) is 19.3. The molecule has 3 fully saturated rings. The lowest BCUT2D eigenvalue weighted by Crippen LogP contribution is -2.42. The van der Waals surface area contributed by atoms with Crippen LogP contribution in [0.3, 0.4) is 0 Å². The van der Waals surface area contributed by atoms with E-state index in [0.717, 1.165) is 85.9 Å². The van der Waals surface area contributed by atoms with Crippen molar-refractivity contribution in [2.75, 3.05) is 30.5 Å². The van der Waals surface area contributed by atoms with Crippen LogP contribution in [0.4, 0.5) is 24.5 Å². The Balaban J connectivity index is 0.000000214. The lowest BCUT2D eigenvalue weighted by molar-refractivity contribution is -0.174. The largest absolute Gasteiger partial charge is 0.471 e. The number of aliphatic hydroxyl groups excluding tert-OH is 3. The standard InChI is InChI=1S/C24H35N3O2.C23H34N4O5S.C18H24N2O.C9H14F3NO2/c1-14-10-19(11-18(14)13-28)26-21-8-9-25-16(3)22(21)23(29)20-12-27(24(5,6)7)17(4)15(20)2;1-13-15(3)27(23(4,5)6)11-18(13)22(29)21-14(2)25-8-7-19(21)26-17-9-16(20(28)10-17)12-32-33(24,30)31;1-11-8-9-19-13(3)16(11)17(21)15-10-20(18(5,6)7)14(4)12(15)2;1-5-2-7(3-6(5)4-14)13-8(15)9(10,11)12/h8-9,12,14,18-19,28H,10-11,13H2,1-7H3,(H,25,26);7-8,11,16-17,20,28H,9-10,12H2,1-6H3,(H,25,26)(H2,24,30,31);8-10H,1-7H3;5-7,14H,2-4H2,1H3,(H,13,15)/t14-,18+,19-;16-,17-,20+;;5-,6+,7-/m01.0/s1. The van der Waals surface area contributed by atoms with E-state index in [1.54, 1.807) is 31.6 Å². The Hall–Kier alpha value is -7.09. The number of hydrogen-bond acceptors (Lipinski definition) is 15. The van der Waals surface area contributed by atoms with Gasteiger partial charge in [0.05, 0.1) is 35.2 Å². The number of alkyl halides is 3. The molecule has 1 amide bonds. The predicted octanol–water partition coefficient (Wildman–Crippen LogP) is 12.4. The maximum atomic E-state index is 13.7. The van der Waals surface area contributed by atoms with Crippen molar-refractivity contribution in [1.29, 1.82) is 0 Å². The lowest BCUT2D eigenvalue weighted by atomic mass is 9.97. The molecular weight excluding hydrogens is 1280 g/mol. The molecule has 24 heteroatoms. The Morgan fingerprint density at radius 1 is 0.541 bits per heavy atom. The summed E-state index contributed by atoms with van der Waals surface area (Å²) >= 11 is 0. The van der Waals surface area contributed by atoms with Gasteiger partial charge in [0.25, 0.3) is 0 Å². The van der Waals surface area contributed by atoms with Gasteiger partial charge in [-0.05, 0) is 234 Å². The van der Waals surface area contributed by atoms with Crippen LogP contribution in [-0.2, 0) is 35.9 Å². The van der Waals surface area contributed by atoms with Crippen LogP contribution in [0.15, 0.2) is 55.4 Å². The molecule has 0 radical (unpaired) electrons. The summed E-state index contributed by atoms with van der Waals surface area (Å²) in [6.45, 7) is 42.9. The maximum absolute atomic E-state index is 13.7. The Labute approximate surface area is 577 Å². The van der Waals surface area contributed by atoms with E-state index in [9.17, 15) is 51.0 Å². The van der Waals surface area contributed by atoms with Crippen molar-refractivity contribution in [1.82, 2.24) is 34.0 Å². The molecule has 0 unspecified atom stereocenters. The molecule has 3 aliphatic carbocycles. The molecular formula is C74H107F3N10O10S. The molecule has 0 spiro atoms. The summed E-state index contributed by atoms with van der Waals surface area (Å²) in [4.78, 5) is 63.9. The number of carbonyl (C=O) groups is 4. The van der Waals surface area contributed by atoms with Gasteiger partial charge < -0.3 is 45.0 Å². The number of hydrogen-bond donors (Lipinski definition) is 7. The fourth-order valence-corrected chi connectivity index (χ4v) is 14.3. The van der Waals surface area contributed by atoms with Crippen LogP contribution >= 0.6 is 0 Å². The van der Waals surface area contributed by atoms with E-state index in [1.165, 1.54) is 0 Å². The van der Waals surface area contributed by atoms with Crippen molar-refractivity contribution in [3.8, 4) is 0 Å². The van der Waals surface area contributed by atoms with Gasteiger partial charge in [0.2, 0.25) is 0 Å². The highest BCUT2D eigenvalue weighted by Crippen LogP contribution is 2.38. The van der Waals surface area contributed by atoms with E-state index < -0.39 is 34.5 Å². The summed E-state index contributed by atoms with van der Waals surface area (Å²) < 4.78 is 69.1. The van der Waals surface area contributed by atoms with Crippen molar-refractivity contribution < 1.29 is 60.3 Å². The van der Waals surface area contributed by atoms with Crippen molar-refractivity contribution in [3.05, 3.63) is 145 Å². The molecule has 540 valence electrons. The number of aromatic nitrogens is 6. The fourth-order valence-electron chi connectivity index (χ4n) is 14.0. The number of halogens is 3. The van der Waals surface area contributed by atoms with Gasteiger partial charge >= 0.3 is 22.4 Å². The van der Waals surface area contributed by atoms with E-state index in [-0.39, 0.29) is 83.6 Å². The average Bonchev–Trinajstić information content (AvgIpc) is 1.61. The van der Waals surface area contributed by atoms with Crippen molar-refractivity contribution in [2.45, 2.75) is 231 Å². The van der Waals surface area contributed by atoms with Gasteiger partial charge in [0.15, 0.2) is 17.3 Å². The summed E-state index contributed by atoms with van der Waals surface area (Å²) in [5.74, 6) is -1.36. The minimum atomic E-state index is -4.82. The average molecular weight is 1390 g/mol. The molecule has 6 aromatic heterocycles. The molecule has 0 saturated heterocycles. The van der Waals surface area contributed by atoms with E-state index >= 15 is 0 Å². The summed E-state index contributed by atoms with van der Waals surface area (Å²) in [7, 11) is -4.07. The van der Waals surface area contributed by atoms with Crippen molar-refractivity contribution >= 4 is 44.9 Å². The first-order valence-corrected chi connectivity index (χ1v) is 35.2. The topological polar surface area (TPSA) is 288 Å². The van der Waals surface area contributed by atoms with E-state index in [4.69, 9.17) is 10.2 Å². The quantitative estimate of drug-likeness (QED) is 0.0443. The Kier molecular flexibility index (Phi) is 25.8. The van der Waals surface area contributed by atoms with Crippen molar-refractivity contribution in [3.63, 3.8) is 0 Å². The molecule has 0 aliphatic heterocycles. The Morgan fingerprint density at radius 3 is 1.21 bits per heavy atom. The van der Waals surface area contributed by atoms with Crippen LogP contribution < -0.4 is 21.1 Å². The fraction of sp³-hybridized carbons (Fsp3) is 0.581. The second-order valence-electron chi connectivity index (χ2n) is 30.3. The second-order valence-corrected chi connectivity index (χ2v) is 31.5. The van der Waals surface area contributed by atoms with Gasteiger partial charge in [-0.3, -0.25) is 38.3 Å². The highest BCUT2D eigenvalue weighted by atomic mass is 32.2. The number of rotatable bonds is 16. The third-order valence-corrected chi connectivity index (χ3v) is 20.4. The monoisotopic (exact) mass is 1380 g/mol. The smallest absolute Gasteiger partial charge is 0.396 e. The number of ketones is 3. The van der Waals surface area contributed by atoms with Crippen LogP contribution in [0.25, 0.3) is 0 Å². The summed E-state index contributed by atoms with van der Waals surface area (Å²) in [5.41, 5.74) is 14.7. The lowest BCUT2D eigenvalue weighted by Gasteiger charge is -2.23. The number of aryl methyl sites for hydroxylation is 4. The van der Waals surface area contributed by atoms with Crippen molar-refractivity contribution in [2.24, 2.45) is 34.7 Å². The highest BCUT2D eigenvalue weighted by molar-refractivity contribution is 7.84. The second kappa shape index (κ2) is 31.6. The van der Waals surface area contributed by atoms with Gasteiger partial charge in [-0.1, -0.05) is 13.8 Å². The van der Waals surface area contributed by atoms with Crippen LogP contribution in [0.2, 0.25) is 0 Å². The number of anilines is 2. The molecule has 9 rings (SSSR count). The molecule has 0 bridgehead atoms. The molecule has 3 saturated carbocycles. The zero-order chi connectivity index (χ0) is 73.8. The number of nitrogens with zero attached hydrogens (tertiary/aromatic N) is 6. The Bertz CT molecular complexity index is 3940. The maximum Gasteiger partial charge on any atom is 0.471 e. The first kappa shape index (κ1) is 79.9. The van der Waals surface area contributed by atoms with Gasteiger partial charge in [0, 0.05) is 147 Å². The first-order valence-electron chi connectivity index (χ1n) is 33.7. The third-order valence-electron chi connectivity index (χ3n) is 19.9. The minimum absolute atomic E-state index is 0.0106. The molecule has 20 nitrogen and oxygen atoms in total. The zero-order valence-electron chi connectivity index (χ0n) is 61.3. The van der Waals surface area contributed by atoms with Gasteiger partial charge in [-0.15, -0.1) is 0 Å². The van der Waals surface area contributed by atoms with E-state index in [0.29, 0.717) is 65.6 Å². The summed E-state index contributed by atoms with van der Waals surface area (Å²) in [5, 5.41) is 42.6. The molecule has 8 N–H and O–H groups in total. The highest BCUT2D eigenvalue weighted by Gasteiger charge is 2.42. The first-order chi connectivity index (χ1) is 45.2. The Morgan fingerprint density at radius 2 is 0.878 bits per heavy atom. The van der Waals surface area contributed by atoms with Gasteiger partial charge in [0.1, 0.15) is 0 Å².